The maximum atomic E-state index is 17.4. The SMILES string of the molecule is CCN(c1nc(OCC23CCCN2CC(F)C3)nc2c(F)c(-c3ccc(F)c4sc(N)c(C#N)c34)c(C(F)(F)F)cc12)C1CC(C)N(C(=O)C2CC(OC)C2)C1. The standard InChI is InChI=1S/C39H41F6N7O3S/c1-4-51(22-10-19(2)52(17-22)36(53)20-11-23(12-20)54-3)35-25-13-27(39(43,44)45)30(24-6-7-28(41)33-29(24)26(15-46)34(47)56-33)31(42)32(25)48-37(49-35)55-18-38-8-5-9-50(38)16-21(40)14-38/h6-7,13,19-23H,4-5,8-12,14,16-18,47H2,1-3H3. The molecular formula is C39H41F6N7O3S. The monoisotopic (exact) mass is 801 g/mol. The van der Waals surface area contributed by atoms with Crippen LogP contribution in [0.3, 0.4) is 0 Å². The number of rotatable bonds is 9. The van der Waals surface area contributed by atoms with Gasteiger partial charge in [-0.05, 0) is 70.2 Å². The Bertz CT molecular complexity index is 2260. The Labute approximate surface area is 323 Å². The van der Waals surface area contributed by atoms with Crippen molar-refractivity contribution in [1.29, 1.82) is 5.26 Å². The van der Waals surface area contributed by atoms with E-state index in [0.717, 1.165) is 24.6 Å². The number of aromatic nitrogens is 2. The van der Waals surface area contributed by atoms with E-state index in [-0.39, 0.29) is 100 Å². The highest BCUT2D eigenvalue weighted by Gasteiger charge is 2.50. The number of methoxy groups -OCH3 is 1. The van der Waals surface area contributed by atoms with Gasteiger partial charge in [0.2, 0.25) is 5.91 Å². The van der Waals surface area contributed by atoms with Gasteiger partial charge in [0.25, 0.3) is 0 Å². The molecule has 1 saturated carbocycles. The second-order valence-corrected chi connectivity index (χ2v) is 16.5. The van der Waals surface area contributed by atoms with E-state index in [9.17, 15) is 14.4 Å². The molecule has 4 fully saturated rings. The molecule has 17 heteroatoms. The first-order valence-electron chi connectivity index (χ1n) is 18.8. The summed E-state index contributed by atoms with van der Waals surface area (Å²) in [6.07, 6.45) is -2.78. The maximum Gasteiger partial charge on any atom is 0.417 e. The predicted octanol–water partition coefficient (Wildman–Crippen LogP) is 7.46. The third kappa shape index (κ3) is 6.28. The highest BCUT2D eigenvalue weighted by atomic mass is 32.1. The molecule has 1 aliphatic carbocycles. The lowest BCUT2D eigenvalue weighted by Gasteiger charge is -2.37. The van der Waals surface area contributed by atoms with Crippen LogP contribution in [-0.2, 0) is 15.7 Å². The number of hydrogen-bond acceptors (Lipinski definition) is 10. The normalized spacial score (nSPS) is 26.5. The Balaban J connectivity index is 1.29. The van der Waals surface area contributed by atoms with Crippen molar-refractivity contribution in [2.24, 2.45) is 5.92 Å². The van der Waals surface area contributed by atoms with Crippen LogP contribution < -0.4 is 15.4 Å². The number of carbonyl (C=O) groups excluding carboxylic acids is 1. The van der Waals surface area contributed by atoms with Gasteiger partial charge in [-0.25, -0.2) is 13.2 Å². The Morgan fingerprint density at radius 3 is 2.66 bits per heavy atom. The number of nitrogens with zero attached hydrogens (tertiary/aromatic N) is 6. The molecule has 2 aromatic heterocycles. The van der Waals surface area contributed by atoms with Crippen LogP contribution in [0.4, 0.5) is 37.2 Å². The number of nitriles is 1. The van der Waals surface area contributed by atoms with Crippen molar-refractivity contribution in [3.8, 4) is 23.2 Å². The summed E-state index contributed by atoms with van der Waals surface area (Å²) in [7, 11) is 1.61. The number of halogens is 6. The molecule has 10 nitrogen and oxygen atoms in total. The van der Waals surface area contributed by atoms with Crippen molar-refractivity contribution in [3.63, 3.8) is 0 Å². The molecule has 0 bridgehead atoms. The molecule has 3 saturated heterocycles. The summed E-state index contributed by atoms with van der Waals surface area (Å²) in [5.74, 6) is -2.43. The summed E-state index contributed by atoms with van der Waals surface area (Å²) in [5, 5.41) is 9.30. The van der Waals surface area contributed by atoms with E-state index in [1.165, 1.54) is 0 Å². The van der Waals surface area contributed by atoms with Gasteiger partial charge >= 0.3 is 12.2 Å². The van der Waals surface area contributed by atoms with Gasteiger partial charge in [0.05, 0.1) is 27.5 Å². The van der Waals surface area contributed by atoms with Crippen LogP contribution in [0.2, 0.25) is 0 Å². The first kappa shape index (κ1) is 38.5. The molecule has 1 amide bonds. The number of nitrogens with two attached hydrogens (primary N) is 1. The van der Waals surface area contributed by atoms with Crippen LogP contribution in [0.5, 0.6) is 6.01 Å². The summed E-state index contributed by atoms with van der Waals surface area (Å²) in [6, 6.07) is 3.64. The summed E-state index contributed by atoms with van der Waals surface area (Å²) in [6.45, 7) is 5.11. The molecule has 2 N–H and O–H groups in total. The summed E-state index contributed by atoms with van der Waals surface area (Å²) in [4.78, 5) is 28.2. The summed E-state index contributed by atoms with van der Waals surface area (Å²) >= 11 is 0.683. The Morgan fingerprint density at radius 2 is 1.96 bits per heavy atom. The molecule has 3 aliphatic heterocycles. The number of benzene rings is 2. The minimum absolute atomic E-state index is 0.0173. The Hall–Kier alpha value is -4.40. The summed E-state index contributed by atoms with van der Waals surface area (Å²) in [5.41, 5.74) is 1.92. The van der Waals surface area contributed by atoms with E-state index in [2.05, 4.69) is 9.97 Å². The van der Waals surface area contributed by atoms with E-state index < -0.39 is 52.2 Å². The van der Waals surface area contributed by atoms with Gasteiger partial charge in [0.15, 0.2) is 5.82 Å². The van der Waals surface area contributed by atoms with Crippen molar-refractivity contribution in [2.45, 2.75) is 88.4 Å². The molecule has 2 aromatic carbocycles. The second-order valence-electron chi connectivity index (χ2n) is 15.5. The fourth-order valence-electron chi connectivity index (χ4n) is 9.43. The third-order valence-corrected chi connectivity index (χ3v) is 13.3. The van der Waals surface area contributed by atoms with Crippen molar-refractivity contribution >= 4 is 49.1 Å². The number of thiophene rings is 1. The quantitative estimate of drug-likeness (QED) is 0.172. The molecule has 0 radical (unpaired) electrons. The summed E-state index contributed by atoms with van der Waals surface area (Å²) < 4.78 is 104. The van der Waals surface area contributed by atoms with E-state index in [0.29, 0.717) is 43.6 Å². The van der Waals surface area contributed by atoms with E-state index in [1.54, 1.807) is 23.8 Å². The third-order valence-electron chi connectivity index (χ3n) is 12.3. The number of alkyl halides is 4. The molecular weight excluding hydrogens is 761 g/mol. The first-order valence-corrected chi connectivity index (χ1v) is 19.6. The average Bonchev–Trinajstić information content (AvgIpc) is 3.88. The van der Waals surface area contributed by atoms with Gasteiger partial charge in [-0.3, -0.25) is 9.69 Å². The van der Waals surface area contributed by atoms with Crippen LogP contribution in [0.15, 0.2) is 18.2 Å². The molecule has 4 aromatic rings. The zero-order valence-corrected chi connectivity index (χ0v) is 31.9. The van der Waals surface area contributed by atoms with Crippen LogP contribution in [-0.4, -0.2) is 95.5 Å². The first-order chi connectivity index (χ1) is 26.7. The van der Waals surface area contributed by atoms with Crippen molar-refractivity contribution in [3.05, 3.63) is 41.0 Å². The van der Waals surface area contributed by atoms with E-state index in [1.807, 2.05) is 17.9 Å². The van der Waals surface area contributed by atoms with Gasteiger partial charge in [0.1, 0.15) is 41.0 Å². The number of fused-ring (bicyclic) bond motifs is 3. The molecule has 4 unspecified atom stereocenters. The number of nitrogen functional groups attached to an aromatic ring is 1. The van der Waals surface area contributed by atoms with Gasteiger partial charge < -0.3 is 25.0 Å². The van der Waals surface area contributed by atoms with Gasteiger partial charge in [-0.1, -0.05) is 6.07 Å². The maximum absolute atomic E-state index is 17.4. The molecule has 298 valence electrons. The Morgan fingerprint density at radius 1 is 1.20 bits per heavy atom. The Kier molecular flexibility index (Phi) is 9.76. The molecule has 4 atom stereocenters. The fraction of sp³-hybridized carbons (Fsp3) is 0.538. The average molecular weight is 802 g/mol. The predicted molar refractivity (Wildman–Crippen MR) is 199 cm³/mol. The molecule has 4 aliphatic rings. The smallest absolute Gasteiger partial charge is 0.417 e. The van der Waals surface area contributed by atoms with Crippen LogP contribution in [0.1, 0.15) is 63.5 Å². The lowest BCUT2D eigenvalue weighted by molar-refractivity contribution is -0.144. The number of likely N-dealkylation sites (tertiary alicyclic amines) is 1. The van der Waals surface area contributed by atoms with Gasteiger partial charge in [0, 0.05) is 67.5 Å². The van der Waals surface area contributed by atoms with Crippen LogP contribution in [0, 0.1) is 28.9 Å². The van der Waals surface area contributed by atoms with Crippen LogP contribution >= 0.6 is 11.3 Å². The van der Waals surface area contributed by atoms with Crippen molar-refractivity contribution in [1.82, 2.24) is 19.8 Å². The number of carbonyl (C=O) groups is 1. The van der Waals surface area contributed by atoms with E-state index in [4.69, 9.17) is 15.2 Å². The number of anilines is 2. The zero-order valence-electron chi connectivity index (χ0n) is 31.1. The number of likely N-dealkylation sites (N-methyl/N-ethyl adjacent to an activating group) is 1. The zero-order chi connectivity index (χ0) is 39.8. The van der Waals surface area contributed by atoms with Crippen molar-refractivity contribution in [2.75, 3.05) is 50.5 Å². The minimum atomic E-state index is -5.13. The molecule has 8 rings (SSSR count). The molecule has 5 heterocycles. The lowest BCUT2D eigenvalue weighted by atomic mass is 9.81. The number of ether oxygens (including phenoxy) is 2. The van der Waals surface area contributed by atoms with Gasteiger partial charge in [-0.2, -0.15) is 28.4 Å². The second kappa shape index (κ2) is 14.2. The number of amides is 1. The molecule has 0 spiro atoms. The van der Waals surface area contributed by atoms with E-state index >= 15 is 22.0 Å². The highest BCUT2D eigenvalue weighted by Crippen LogP contribution is 2.49. The number of hydrogen-bond donors (Lipinski definition) is 1. The van der Waals surface area contributed by atoms with Crippen LogP contribution in [0.25, 0.3) is 32.1 Å². The van der Waals surface area contributed by atoms with Gasteiger partial charge in [-0.15, -0.1) is 11.3 Å². The largest absolute Gasteiger partial charge is 0.461 e. The molecule has 56 heavy (non-hydrogen) atoms. The minimum Gasteiger partial charge on any atom is -0.461 e. The van der Waals surface area contributed by atoms with Crippen molar-refractivity contribution < 1.29 is 40.6 Å². The lowest BCUT2D eigenvalue weighted by Crippen LogP contribution is -2.46. The topological polar surface area (TPSA) is 121 Å². The fourth-order valence-corrected chi connectivity index (χ4v) is 10.4. The highest BCUT2D eigenvalue weighted by molar-refractivity contribution is 7.23.